The van der Waals surface area contributed by atoms with Crippen molar-refractivity contribution in [3.63, 3.8) is 0 Å². The van der Waals surface area contributed by atoms with Crippen molar-refractivity contribution in [2.75, 3.05) is 66.5 Å². The summed E-state index contributed by atoms with van der Waals surface area (Å²) in [6, 6.07) is 5.95. The van der Waals surface area contributed by atoms with Crippen LogP contribution in [0.25, 0.3) is 0 Å². The van der Waals surface area contributed by atoms with Crippen molar-refractivity contribution >= 4 is 23.2 Å². The van der Waals surface area contributed by atoms with Gasteiger partial charge in [-0.2, -0.15) is 13.2 Å². The predicted molar refractivity (Wildman–Crippen MR) is 366 cm³/mol. The number of nitrogens with one attached hydrogen (secondary N) is 6. The van der Waals surface area contributed by atoms with E-state index in [2.05, 4.69) is 159 Å². The molecule has 2 aliphatic carbocycles. The lowest BCUT2D eigenvalue weighted by Crippen LogP contribution is -2.76. The summed E-state index contributed by atoms with van der Waals surface area (Å²) in [5.74, 6) is 2.29. The van der Waals surface area contributed by atoms with Crippen LogP contribution in [-0.4, -0.2) is 162 Å². The van der Waals surface area contributed by atoms with Crippen LogP contribution >= 0.6 is 11.6 Å². The molecule has 1 amide bonds. The normalized spacial score (nSPS) is 30.1. The number of hydrogen-bond donors (Lipinski definition) is 6. The van der Waals surface area contributed by atoms with Gasteiger partial charge in [-0.1, -0.05) is 111 Å². The topological polar surface area (TPSA) is 118 Å². The molecule has 0 aromatic heterocycles. The molecule has 2 saturated carbocycles. The average Bonchev–Trinajstić information content (AvgIpc) is 1.38. The van der Waals surface area contributed by atoms with Gasteiger partial charge in [0, 0.05) is 168 Å². The molecule has 3 saturated heterocycles. The van der Waals surface area contributed by atoms with Gasteiger partial charge in [-0.3, -0.25) is 14.7 Å². The minimum absolute atomic E-state index is 0.0398. The first-order valence-corrected chi connectivity index (χ1v) is 35.8. The second kappa shape index (κ2) is 35.0. The summed E-state index contributed by atoms with van der Waals surface area (Å²) in [5.41, 5.74) is 3.32. The lowest BCUT2D eigenvalue weighted by Gasteiger charge is -2.60. The summed E-state index contributed by atoms with van der Waals surface area (Å²) < 4.78 is 41.0. The number of likely N-dealkylation sites (tertiary alicyclic amines) is 1. The highest BCUT2D eigenvalue weighted by Crippen LogP contribution is 2.41. The van der Waals surface area contributed by atoms with Crippen LogP contribution in [0.2, 0.25) is 5.02 Å². The highest BCUT2D eigenvalue weighted by Gasteiger charge is 2.55. The van der Waals surface area contributed by atoms with Crippen molar-refractivity contribution < 1.29 is 18.0 Å². The number of fused-ring (bicyclic) bond motifs is 2. The number of aryl methyl sites for hydroxylation is 1. The Hall–Kier alpha value is -3.64. The molecule has 13 nitrogen and oxygen atoms in total. The van der Waals surface area contributed by atoms with Crippen molar-refractivity contribution in [2.45, 2.75) is 264 Å². The molecule has 504 valence electrons. The van der Waals surface area contributed by atoms with Crippen LogP contribution in [0.1, 0.15) is 203 Å². The molecule has 17 heteroatoms. The van der Waals surface area contributed by atoms with Crippen molar-refractivity contribution in [1.82, 2.24) is 56.4 Å². The fourth-order valence-electron chi connectivity index (χ4n) is 15.9. The first-order valence-electron chi connectivity index (χ1n) is 35.4. The van der Waals surface area contributed by atoms with Crippen LogP contribution in [0.15, 0.2) is 71.7 Å². The number of alkyl halides is 3. The molecular weight excluding hydrogens is 1140 g/mol. The molecule has 4 aliphatic heterocycles. The van der Waals surface area contributed by atoms with E-state index in [0.29, 0.717) is 49.0 Å². The molecule has 6 aliphatic rings. The molecule has 4 heterocycles. The maximum absolute atomic E-state index is 14.8. The van der Waals surface area contributed by atoms with Crippen LogP contribution in [0, 0.1) is 29.6 Å². The van der Waals surface area contributed by atoms with Crippen LogP contribution in [0.5, 0.6) is 0 Å². The number of carbonyl (C=O) groups is 1. The molecular formula is C72H122ClF3N12O. The van der Waals surface area contributed by atoms with Gasteiger partial charge in [0.15, 0.2) is 0 Å². The zero-order chi connectivity index (χ0) is 64.4. The third kappa shape index (κ3) is 20.9. The molecule has 5 unspecified atom stereocenters. The minimum atomic E-state index is -4.52. The molecule has 1 spiro atoms. The van der Waals surface area contributed by atoms with Gasteiger partial charge >= 0.3 is 6.18 Å². The number of allylic oxidation sites excluding steroid dienone is 3. The Morgan fingerprint density at radius 3 is 2.21 bits per heavy atom. The van der Waals surface area contributed by atoms with E-state index in [9.17, 15) is 18.0 Å². The Bertz CT molecular complexity index is 2460. The maximum Gasteiger partial charge on any atom is 0.417 e. The highest BCUT2D eigenvalue weighted by molar-refractivity contribution is 6.31. The van der Waals surface area contributed by atoms with Gasteiger partial charge < -0.3 is 51.5 Å². The van der Waals surface area contributed by atoms with E-state index >= 15 is 0 Å². The van der Waals surface area contributed by atoms with Crippen LogP contribution < -0.4 is 31.9 Å². The van der Waals surface area contributed by atoms with Gasteiger partial charge in [-0.15, -0.1) is 0 Å². The number of rotatable bonds is 11. The van der Waals surface area contributed by atoms with E-state index in [1.54, 1.807) is 0 Å². The number of aliphatic imine (C=N–C) groups is 1. The molecule has 1 aromatic carbocycles. The smallest absolute Gasteiger partial charge is 0.390 e. The first-order chi connectivity index (χ1) is 42.5. The monoisotopic (exact) mass is 1260 g/mol. The number of piperidine rings is 1. The third-order valence-electron chi connectivity index (χ3n) is 21.4. The van der Waals surface area contributed by atoms with Gasteiger partial charge in [-0.25, -0.2) is 0 Å². The Balaban J connectivity index is 1.19. The van der Waals surface area contributed by atoms with Gasteiger partial charge in [0.05, 0.1) is 16.5 Å². The van der Waals surface area contributed by atoms with E-state index in [1.807, 2.05) is 24.7 Å². The van der Waals surface area contributed by atoms with Gasteiger partial charge in [-0.05, 0) is 159 Å². The summed E-state index contributed by atoms with van der Waals surface area (Å²) >= 11 is 6.20. The third-order valence-corrected chi connectivity index (χ3v) is 21.7. The molecule has 5 fully saturated rings. The molecule has 6 N–H and O–H groups in total. The fourth-order valence-corrected chi connectivity index (χ4v) is 16.2. The molecule has 0 radical (unpaired) electrons. The number of nitrogens with zero attached hydrogens (tertiary/aromatic N) is 6. The maximum atomic E-state index is 14.8. The number of carbonyl (C=O) groups excluding carboxylic acids is 1. The van der Waals surface area contributed by atoms with E-state index < -0.39 is 11.7 Å². The lowest BCUT2D eigenvalue weighted by atomic mass is 9.74. The molecule has 11 atom stereocenters. The summed E-state index contributed by atoms with van der Waals surface area (Å²) in [5, 5.41) is 23.9. The zero-order valence-corrected chi connectivity index (χ0v) is 58.2. The van der Waals surface area contributed by atoms with E-state index in [1.165, 1.54) is 74.9 Å². The second-order valence-corrected chi connectivity index (χ2v) is 29.5. The minimum Gasteiger partial charge on any atom is -0.390 e. The van der Waals surface area contributed by atoms with Crippen molar-refractivity contribution in [1.29, 1.82) is 0 Å². The number of benzene rings is 1. The Labute approximate surface area is 543 Å². The van der Waals surface area contributed by atoms with E-state index in [0.717, 1.165) is 121 Å². The fraction of sp³-hybridized carbons (Fsp3) is 0.778. The lowest BCUT2D eigenvalue weighted by molar-refractivity contribution is -0.162. The predicted octanol–water partition coefficient (Wildman–Crippen LogP) is 13.3. The highest BCUT2D eigenvalue weighted by atomic mass is 35.5. The Kier molecular flexibility index (Phi) is 28.6. The van der Waals surface area contributed by atoms with Gasteiger partial charge in [0.2, 0.25) is 5.91 Å². The van der Waals surface area contributed by atoms with E-state index in [-0.39, 0.29) is 70.9 Å². The summed E-state index contributed by atoms with van der Waals surface area (Å²) in [6.45, 7) is 32.9. The van der Waals surface area contributed by atoms with E-state index in [4.69, 9.17) is 16.6 Å². The van der Waals surface area contributed by atoms with Gasteiger partial charge in [0.25, 0.3) is 0 Å². The summed E-state index contributed by atoms with van der Waals surface area (Å²) in [4.78, 5) is 31.9. The van der Waals surface area contributed by atoms with Crippen molar-refractivity contribution in [3.05, 3.63) is 82.8 Å². The van der Waals surface area contributed by atoms with Crippen molar-refractivity contribution in [3.8, 4) is 0 Å². The Morgan fingerprint density at radius 2 is 1.54 bits per heavy atom. The van der Waals surface area contributed by atoms with Crippen molar-refractivity contribution in [2.24, 2.45) is 34.6 Å². The summed E-state index contributed by atoms with van der Waals surface area (Å²) in [6.07, 6.45) is 28.6. The molecule has 89 heavy (non-hydrogen) atoms. The number of hydrogen-bond acceptors (Lipinski definition) is 12. The first kappa shape index (κ1) is 72.8. The summed E-state index contributed by atoms with van der Waals surface area (Å²) in [7, 11) is 4.30. The van der Waals surface area contributed by atoms with Crippen LogP contribution in [0.3, 0.4) is 0 Å². The SMILES string of the molecule is CC[C@H](C)[C@H]1CN[C@@H](CC(C)C)C(C)NCC2[C@@H](C(=O)N3CCCCC3)C(C)N2[C@@H](C(C)C)C(C)NC2(CCCC2)CNCCNC=CC(CCc2ccc(C(F)(F)F)c(Cl)c2)=NC=CN(C)C=C(CC2CCCCC2)N(C)C=C2CCCN2[C@@H](C)C(C)N1. The molecule has 7 rings (SSSR count). The quantitative estimate of drug-likeness (QED) is 0.127. The largest absolute Gasteiger partial charge is 0.417 e. The van der Waals surface area contributed by atoms with Crippen LogP contribution in [-0.2, 0) is 17.4 Å². The molecule has 0 bridgehead atoms. The number of halogens is 4. The second-order valence-electron chi connectivity index (χ2n) is 29.1. The Morgan fingerprint density at radius 1 is 0.820 bits per heavy atom. The number of amides is 1. The average molecular weight is 1260 g/mol. The van der Waals surface area contributed by atoms with Gasteiger partial charge in [0.1, 0.15) is 0 Å². The van der Waals surface area contributed by atoms with Crippen LogP contribution in [0.4, 0.5) is 13.2 Å². The standard InChI is InChI=1S/C72H122ClF3N12O/c1-14-52(6)66-45-81-65(42-50(2)3)54(8)80-46-67-68(70(89)86-38-21-16-22-39-86)57(11)88(67)69(51(4)5)55(9)83-71(32-19-20-33-71)49-78-36-35-77-34-31-60(29-27-59-28-30-63(64(73)44-59)72(74,75)76)79-37-41-84(12)47-62(43-58-24-17-15-18-25-58)85(13)48-61-26-23-40-87(61)56(10)53(7)82-66/h28,30-31,34,37,41,44,47-48,50-58,65-69,77-78,80-83H,14-27,29,32-33,35-36,38-40,42-43,45-46,49H2,1-13H3/t52-,53?,54?,55?,56-,57?,65-,66+,67?,68-,69-/m0/s1. The molecule has 1 aromatic rings. The zero-order valence-electron chi connectivity index (χ0n) is 57.5.